The number of hydrogen-bond donors (Lipinski definition) is 0. The highest BCUT2D eigenvalue weighted by molar-refractivity contribution is 8.14. The Morgan fingerprint density at radius 2 is 1.88 bits per heavy atom. The number of ether oxygens (including phenoxy) is 1. The molecule has 0 aliphatic carbocycles. The van der Waals surface area contributed by atoms with Crippen molar-refractivity contribution in [2.75, 3.05) is 18.7 Å². The van der Waals surface area contributed by atoms with E-state index in [4.69, 9.17) is 4.74 Å². The van der Waals surface area contributed by atoms with Crippen LogP contribution in [0.4, 0.5) is 0 Å². The third-order valence-corrected chi connectivity index (χ3v) is 6.31. The molecule has 1 saturated heterocycles. The van der Waals surface area contributed by atoms with E-state index in [1.807, 2.05) is 0 Å². The van der Waals surface area contributed by atoms with E-state index in [1.165, 1.54) is 30.7 Å². The average molecular weight is 396 g/mol. The zero-order valence-corrected chi connectivity index (χ0v) is 16.5. The largest absolute Gasteiger partial charge is 0.467 e. The number of thioether (sulfide) groups is 2. The quantitative estimate of drug-likeness (QED) is 0.540. The number of nitrogens with zero attached hydrogens (tertiary/aromatic N) is 1. The summed E-state index contributed by atoms with van der Waals surface area (Å²) in [5, 5.41) is -1.08. The maximum Gasteiger partial charge on any atom is 0.329 e. The number of Topliss-reactive ketones (excluding diaryl/α,β-unsaturated/α-hetero) is 1. The third-order valence-electron chi connectivity index (χ3n) is 4.09. The zero-order chi connectivity index (χ0) is 19.3. The highest BCUT2D eigenvalue weighted by Gasteiger charge is 2.41. The third kappa shape index (κ3) is 4.67. The van der Waals surface area contributed by atoms with Gasteiger partial charge in [0.15, 0.2) is 10.9 Å². The number of amides is 1. The second-order valence-corrected chi connectivity index (χ2v) is 8.21. The summed E-state index contributed by atoms with van der Waals surface area (Å²) < 4.78 is 4.76. The molecule has 0 aromatic heterocycles. The van der Waals surface area contributed by atoms with Crippen molar-refractivity contribution >= 4 is 46.3 Å². The van der Waals surface area contributed by atoms with Gasteiger partial charge in [-0.05, 0) is 0 Å². The molecule has 2 rings (SSSR count). The molecular weight excluding hydrogens is 374 g/mol. The van der Waals surface area contributed by atoms with Gasteiger partial charge < -0.3 is 9.64 Å². The second kappa shape index (κ2) is 9.23. The van der Waals surface area contributed by atoms with Crippen LogP contribution in [0.25, 0.3) is 0 Å². The number of methoxy groups -OCH3 is 1. The minimum Gasteiger partial charge on any atom is -0.467 e. The van der Waals surface area contributed by atoms with E-state index in [2.05, 4.69) is 0 Å². The van der Waals surface area contributed by atoms with Crippen LogP contribution in [0.15, 0.2) is 30.3 Å². The Morgan fingerprint density at radius 3 is 2.46 bits per heavy atom. The van der Waals surface area contributed by atoms with E-state index >= 15 is 0 Å². The predicted octanol–water partition coefficient (Wildman–Crippen LogP) is 2.23. The van der Waals surface area contributed by atoms with Gasteiger partial charge in [0.1, 0.15) is 6.04 Å². The van der Waals surface area contributed by atoms with Crippen molar-refractivity contribution in [2.24, 2.45) is 5.92 Å². The topological polar surface area (TPSA) is 80.8 Å². The van der Waals surface area contributed by atoms with Crippen molar-refractivity contribution in [3.05, 3.63) is 35.9 Å². The molecular formula is C18H21NO5S2. The summed E-state index contributed by atoms with van der Waals surface area (Å²) in [5.74, 6) is -0.993. The van der Waals surface area contributed by atoms with Crippen LogP contribution in [0.3, 0.4) is 0 Å². The maximum atomic E-state index is 13.0. The van der Waals surface area contributed by atoms with Crippen LogP contribution in [-0.2, 0) is 19.1 Å². The Kier molecular flexibility index (Phi) is 7.28. The number of carbonyl (C=O) groups excluding carboxylic acids is 4. The van der Waals surface area contributed by atoms with E-state index < -0.39 is 23.2 Å². The monoisotopic (exact) mass is 395 g/mol. The molecule has 1 amide bonds. The lowest BCUT2D eigenvalue weighted by molar-refractivity contribution is -0.151. The SMILES string of the molecule is COC(=O)[C@@H]1CSCN1C(=O)[C@H](C)C(SC(C)=O)C(=O)c1ccccc1. The molecule has 1 unspecified atom stereocenters. The Labute approximate surface area is 161 Å². The van der Waals surface area contributed by atoms with Crippen molar-refractivity contribution in [1.82, 2.24) is 4.90 Å². The Hall–Kier alpha value is -1.80. The predicted molar refractivity (Wildman–Crippen MR) is 102 cm³/mol. The summed E-state index contributed by atoms with van der Waals surface area (Å²) in [6, 6.07) is 7.93. The number of carbonyl (C=O) groups is 4. The summed E-state index contributed by atoms with van der Waals surface area (Å²) >= 11 is 2.31. The minimum absolute atomic E-state index is 0.237. The molecule has 1 aromatic carbocycles. The highest BCUT2D eigenvalue weighted by Crippen LogP contribution is 2.30. The summed E-state index contributed by atoms with van der Waals surface area (Å²) in [7, 11) is 1.28. The molecule has 140 valence electrons. The van der Waals surface area contributed by atoms with Gasteiger partial charge in [-0.25, -0.2) is 4.79 Å². The van der Waals surface area contributed by atoms with Crippen molar-refractivity contribution in [3.8, 4) is 0 Å². The van der Waals surface area contributed by atoms with Gasteiger partial charge in [0, 0.05) is 18.2 Å². The lowest BCUT2D eigenvalue weighted by Crippen LogP contribution is -2.47. The number of esters is 1. The summed E-state index contributed by atoms with van der Waals surface area (Å²) in [6.07, 6.45) is 0. The Bertz CT molecular complexity index is 694. The first-order chi connectivity index (χ1) is 12.4. The van der Waals surface area contributed by atoms with Gasteiger partial charge >= 0.3 is 5.97 Å². The van der Waals surface area contributed by atoms with E-state index in [1.54, 1.807) is 37.3 Å². The van der Waals surface area contributed by atoms with Gasteiger partial charge in [-0.1, -0.05) is 49.0 Å². The second-order valence-electron chi connectivity index (χ2n) is 5.90. The standard InChI is InChI=1S/C18H21NO5S2/c1-11(17(22)19-10-25-9-14(19)18(23)24-3)16(26-12(2)20)15(21)13-7-5-4-6-8-13/h4-8,11,14,16H,9-10H2,1-3H3/t11-,14+,16?/m1/s1. The first-order valence-corrected chi connectivity index (χ1v) is 10.1. The average Bonchev–Trinajstić information content (AvgIpc) is 3.14. The molecule has 0 saturated carbocycles. The summed E-state index contributed by atoms with van der Waals surface area (Å²) in [6.45, 7) is 3.00. The fraction of sp³-hybridized carbons (Fsp3) is 0.444. The van der Waals surface area contributed by atoms with Crippen LogP contribution in [0, 0.1) is 5.92 Å². The normalized spacial score (nSPS) is 18.9. The van der Waals surface area contributed by atoms with Crippen LogP contribution in [-0.4, -0.2) is 57.7 Å². The molecule has 6 nitrogen and oxygen atoms in total. The van der Waals surface area contributed by atoms with Crippen molar-refractivity contribution in [2.45, 2.75) is 25.1 Å². The van der Waals surface area contributed by atoms with Crippen LogP contribution >= 0.6 is 23.5 Å². The molecule has 0 N–H and O–H groups in total. The van der Waals surface area contributed by atoms with E-state index in [0.717, 1.165) is 11.8 Å². The molecule has 3 atom stereocenters. The molecule has 0 radical (unpaired) electrons. The highest BCUT2D eigenvalue weighted by atomic mass is 32.2. The number of rotatable bonds is 6. The number of benzene rings is 1. The van der Waals surface area contributed by atoms with Gasteiger partial charge in [-0.15, -0.1) is 11.8 Å². The first-order valence-electron chi connectivity index (χ1n) is 8.09. The number of hydrogen-bond acceptors (Lipinski definition) is 7. The summed E-state index contributed by atoms with van der Waals surface area (Å²) in [5.41, 5.74) is 0.450. The van der Waals surface area contributed by atoms with Gasteiger partial charge in [0.25, 0.3) is 0 Å². The zero-order valence-electron chi connectivity index (χ0n) is 14.8. The molecule has 1 aliphatic rings. The first kappa shape index (κ1) is 20.5. The van der Waals surface area contributed by atoms with Crippen molar-refractivity contribution in [3.63, 3.8) is 0 Å². The molecule has 1 fully saturated rings. The van der Waals surface area contributed by atoms with Gasteiger partial charge in [-0.2, -0.15) is 0 Å². The minimum atomic E-state index is -0.841. The number of ketones is 1. The molecule has 1 aromatic rings. The Morgan fingerprint density at radius 1 is 1.23 bits per heavy atom. The van der Waals surface area contributed by atoms with Crippen molar-refractivity contribution < 1.29 is 23.9 Å². The van der Waals surface area contributed by atoms with Gasteiger partial charge in [-0.3, -0.25) is 14.4 Å². The van der Waals surface area contributed by atoms with E-state index in [0.29, 0.717) is 17.2 Å². The van der Waals surface area contributed by atoms with Crippen molar-refractivity contribution in [1.29, 1.82) is 0 Å². The van der Waals surface area contributed by atoms with E-state index in [9.17, 15) is 19.2 Å². The van der Waals surface area contributed by atoms with Gasteiger partial charge in [0.2, 0.25) is 5.91 Å². The summed E-state index contributed by atoms with van der Waals surface area (Å²) in [4.78, 5) is 50.8. The Balaban J connectivity index is 2.24. The lowest BCUT2D eigenvalue weighted by Gasteiger charge is -2.28. The van der Waals surface area contributed by atoms with Crippen LogP contribution in [0.5, 0.6) is 0 Å². The fourth-order valence-corrected chi connectivity index (χ4v) is 4.78. The molecule has 0 bridgehead atoms. The van der Waals surface area contributed by atoms with Crippen LogP contribution in [0.2, 0.25) is 0 Å². The smallest absolute Gasteiger partial charge is 0.329 e. The van der Waals surface area contributed by atoms with E-state index in [-0.39, 0.29) is 16.8 Å². The van der Waals surface area contributed by atoms with Gasteiger partial charge in [0.05, 0.1) is 24.2 Å². The lowest BCUT2D eigenvalue weighted by atomic mass is 9.97. The molecule has 0 spiro atoms. The molecule has 1 heterocycles. The maximum absolute atomic E-state index is 13.0. The van der Waals surface area contributed by atoms with Crippen LogP contribution in [0.1, 0.15) is 24.2 Å². The van der Waals surface area contributed by atoms with Crippen LogP contribution < -0.4 is 0 Å². The molecule has 8 heteroatoms. The fourth-order valence-electron chi connectivity index (χ4n) is 2.71. The molecule has 1 aliphatic heterocycles. The molecule has 26 heavy (non-hydrogen) atoms.